The lowest BCUT2D eigenvalue weighted by Gasteiger charge is -2.12. The molecule has 2 rings (SSSR count). The predicted molar refractivity (Wildman–Crippen MR) is 104 cm³/mol. The molecule has 2 heteroatoms. The van der Waals surface area contributed by atoms with Gasteiger partial charge in [0, 0.05) is 12.2 Å². The Morgan fingerprint density at radius 1 is 0.875 bits per heavy atom. The number of hydrogen-bond donors (Lipinski definition) is 1. The summed E-state index contributed by atoms with van der Waals surface area (Å²) >= 11 is 0. The summed E-state index contributed by atoms with van der Waals surface area (Å²) in [6.07, 6.45) is 6.37. The van der Waals surface area contributed by atoms with Crippen LogP contribution in [0.2, 0.25) is 0 Å². The van der Waals surface area contributed by atoms with Crippen LogP contribution in [0.1, 0.15) is 55.7 Å². The van der Waals surface area contributed by atoms with E-state index in [9.17, 15) is 0 Å². The van der Waals surface area contributed by atoms with E-state index in [0.717, 1.165) is 25.3 Å². The van der Waals surface area contributed by atoms with Crippen molar-refractivity contribution >= 4 is 5.69 Å². The van der Waals surface area contributed by atoms with Gasteiger partial charge in [-0.25, -0.2) is 0 Å². The van der Waals surface area contributed by atoms with Crippen molar-refractivity contribution in [2.24, 2.45) is 0 Å². The maximum Gasteiger partial charge on any atom is 0.119 e. The molecule has 2 nitrogen and oxygen atoms in total. The Morgan fingerprint density at radius 3 is 2.38 bits per heavy atom. The minimum Gasteiger partial charge on any atom is -0.494 e. The van der Waals surface area contributed by atoms with Gasteiger partial charge in [0.1, 0.15) is 5.75 Å². The van der Waals surface area contributed by atoms with Gasteiger partial charge in [-0.05, 0) is 55.2 Å². The maximum atomic E-state index is 5.82. The van der Waals surface area contributed by atoms with Gasteiger partial charge >= 0.3 is 0 Å². The Balaban J connectivity index is 1.74. The molecule has 2 aromatic rings. The van der Waals surface area contributed by atoms with Crippen molar-refractivity contribution in [1.29, 1.82) is 0 Å². The van der Waals surface area contributed by atoms with Crippen LogP contribution in [0.25, 0.3) is 0 Å². The molecular weight excluding hydrogens is 294 g/mol. The molecular formula is C22H31NO. The van der Waals surface area contributed by atoms with Gasteiger partial charge in [0.05, 0.1) is 6.61 Å². The van der Waals surface area contributed by atoms with Gasteiger partial charge in [-0.1, -0.05) is 56.9 Å². The lowest BCUT2D eigenvalue weighted by atomic mass is 10.1. The highest BCUT2D eigenvalue weighted by Gasteiger charge is 2.01. The number of rotatable bonds is 10. The molecule has 0 fully saturated rings. The summed E-state index contributed by atoms with van der Waals surface area (Å²) in [5.41, 5.74) is 5.12. The summed E-state index contributed by atoms with van der Waals surface area (Å²) in [6, 6.07) is 14.8. The fourth-order valence-corrected chi connectivity index (χ4v) is 2.74. The van der Waals surface area contributed by atoms with E-state index in [1.54, 1.807) is 0 Å². The van der Waals surface area contributed by atoms with Crippen molar-refractivity contribution in [3.05, 3.63) is 59.2 Å². The first-order valence-corrected chi connectivity index (χ1v) is 9.22. The molecule has 0 spiro atoms. The Kier molecular flexibility index (Phi) is 7.67. The number of nitrogens with one attached hydrogen (secondary N) is 1. The molecule has 2 aromatic carbocycles. The van der Waals surface area contributed by atoms with E-state index in [2.05, 4.69) is 68.6 Å². The molecule has 130 valence electrons. The first kappa shape index (κ1) is 18.4. The Hall–Kier alpha value is -1.96. The summed E-state index contributed by atoms with van der Waals surface area (Å²) < 4.78 is 5.82. The van der Waals surface area contributed by atoms with E-state index in [4.69, 9.17) is 4.74 Å². The molecule has 0 saturated heterocycles. The van der Waals surface area contributed by atoms with Crippen LogP contribution in [0.5, 0.6) is 5.75 Å². The third-order valence-electron chi connectivity index (χ3n) is 4.53. The fourth-order valence-electron chi connectivity index (χ4n) is 2.74. The number of ether oxygens (including phenoxy) is 1. The number of anilines is 1. The van der Waals surface area contributed by atoms with Crippen LogP contribution < -0.4 is 10.1 Å². The third kappa shape index (κ3) is 5.92. The highest BCUT2D eigenvalue weighted by atomic mass is 16.5. The molecule has 0 unspecified atom stereocenters. The van der Waals surface area contributed by atoms with E-state index >= 15 is 0 Å². The van der Waals surface area contributed by atoms with Crippen LogP contribution in [-0.4, -0.2) is 6.61 Å². The summed E-state index contributed by atoms with van der Waals surface area (Å²) in [5, 5.41) is 3.52. The van der Waals surface area contributed by atoms with Crippen LogP contribution >= 0.6 is 0 Å². The summed E-state index contributed by atoms with van der Waals surface area (Å²) in [7, 11) is 0. The van der Waals surface area contributed by atoms with Crippen LogP contribution in [0.4, 0.5) is 5.69 Å². The molecule has 0 aliphatic heterocycles. The van der Waals surface area contributed by atoms with Crippen LogP contribution in [0.3, 0.4) is 0 Å². The Bertz CT molecular complexity index is 604. The lowest BCUT2D eigenvalue weighted by molar-refractivity contribution is 0.304. The minimum absolute atomic E-state index is 0.823. The Morgan fingerprint density at radius 2 is 1.62 bits per heavy atom. The van der Waals surface area contributed by atoms with E-state index < -0.39 is 0 Å². The average Bonchev–Trinajstić information content (AvgIpc) is 2.60. The molecule has 0 aromatic heterocycles. The molecule has 0 aliphatic carbocycles. The van der Waals surface area contributed by atoms with Gasteiger partial charge < -0.3 is 10.1 Å². The molecule has 0 atom stereocenters. The van der Waals surface area contributed by atoms with Crippen molar-refractivity contribution < 1.29 is 4.74 Å². The van der Waals surface area contributed by atoms with Crippen molar-refractivity contribution in [3.63, 3.8) is 0 Å². The second-order valence-electron chi connectivity index (χ2n) is 6.51. The number of unbranched alkanes of at least 4 members (excludes halogenated alkanes) is 4. The highest BCUT2D eigenvalue weighted by molar-refractivity contribution is 5.53. The van der Waals surface area contributed by atoms with Gasteiger partial charge in [0.15, 0.2) is 0 Å². The van der Waals surface area contributed by atoms with Crippen molar-refractivity contribution in [2.45, 2.75) is 59.4 Å². The van der Waals surface area contributed by atoms with E-state index in [1.807, 2.05) is 0 Å². The van der Waals surface area contributed by atoms with E-state index in [1.165, 1.54) is 48.1 Å². The van der Waals surface area contributed by atoms with Crippen LogP contribution in [0, 0.1) is 13.8 Å². The average molecular weight is 325 g/mol. The number of aryl methyl sites for hydroxylation is 1. The van der Waals surface area contributed by atoms with Crippen molar-refractivity contribution in [3.8, 4) is 5.75 Å². The van der Waals surface area contributed by atoms with Crippen molar-refractivity contribution in [2.75, 3.05) is 11.9 Å². The number of benzene rings is 2. The maximum absolute atomic E-state index is 5.82. The summed E-state index contributed by atoms with van der Waals surface area (Å²) in [5.74, 6) is 0.973. The topological polar surface area (TPSA) is 21.3 Å². The van der Waals surface area contributed by atoms with Crippen LogP contribution in [0.15, 0.2) is 42.5 Å². The zero-order chi connectivity index (χ0) is 17.2. The Labute approximate surface area is 147 Å². The molecule has 24 heavy (non-hydrogen) atoms. The largest absolute Gasteiger partial charge is 0.494 e. The SMILES string of the molecule is CCCCCCCOc1ccc(CNc2cccc(C)c2C)cc1. The summed E-state index contributed by atoms with van der Waals surface area (Å²) in [4.78, 5) is 0. The van der Waals surface area contributed by atoms with Gasteiger partial charge in [-0.2, -0.15) is 0 Å². The molecule has 1 N–H and O–H groups in total. The van der Waals surface area contributed by atoms with E-state index in [-0.39, 0.29) is 0 Å². The predicted octanol–water partition coefficient (Wildman–Crippen LogP) is 6.26. The second kappa shape index (κ2) is 10.0. The molecule has 0 amide bonds. The minimum atomic E-state index is 0.823. The molecule has 0 bridgehead atoms. The lowest BCUT2D eigenvalue weighted by Crippen LogP contribution is -2.02. The third-order valence-corrected chi connectivity index (χ3v) is 4.53. The normalized spacial score (nSPS) is 10.6. The standard InChI is InChI=1S/C22H31NO/c1-4-5-6-7-8-16-24-21-14-12-20(13-15-21)17-23-22-11-9-10-18(2)19(22)3/h9-15,23H,4-8,16-17H2,1-3H3. The molecule has 0 radical (unpaired) electrons. The fraction of sp³-hybridized carbons (Fsp3) is 0.455. The zero-order valence-corrected chi connectivity index (χ0v) is 15.4. The quantitative estimate of drug-likeness (QED) is 0.520. The van der Waals surface area contributed by atoms with Gasteiger partial charge in [-0.15, -0.1) is 0 Å². The van der Waals surface area contributed by atoms with E-state index in [0.29, 0.717) is 0 Å². The summed E-state index contributed by atoms with van der Waals surface area (Å²) in [6.45, 7) is 8.21. The van der Waals surface area contributed by atoms with Gasteiger partial charge in [0.25, 0.3) is 0 Å². The van der Waals surface area contributed by atoms with Crippen molar-refractivity contribution in [1.82, 2.24) is 0 Å². The van der Waals surface area contributed by atoms with Gasteiger partial charge in [-0.3, -0.25) is 0 Å². The van der Waals surface area contributed by atoms with Crippen LogP contribution in [-0.2, 0) is 6.54 Å². The monoisotopic (exact) mass is 325 g/mol. The smallest absolute Gasteiger partial charge is 0.119 e. The molecule has 0 saturated carbocycles. The van der Waals surface area contributed by atoms with Gasteiger partial charge in [0.2, 0.25) is 0 Å². The second-order valence-corrected chi connectivity index (χ2v) is 6.51. The molecule has 0 heterocycles. The zero-order valence-electron chi connectivity index (χ0n) is 15.4. The number of hydrogen-bond acceptors (Lipinski definition) is 2. The molecule has 0 aliphatic rings. The highest BCUT2D eigenvalue weighted by Crippen LogP contribution is 2.19. The first-order chi connectivity index (χ1) is 11.7. The first-order valence-electron chi connectivity index (χ1n) is 9.22.